The molecule has 1 amide bonds. The van der Waals surface area contributed by atoms with Crippen LogP contribution in [-0.2, 0) is 9.53 Å². The lowest BCUT2D eigenvalue weighted by Gasteiger charge is -2.18. The van der Waals surface area contributed by atoms with E-state index in [2.05, 4.69) is 15.0 Å². The van der Waals surface area contributed by atoms with E-state index < -0.39 is 18.5 Å². The van der Waals surface area contributed by atoms with Gasteiger partial charge in [0, 0.05) is 17.2 Å². The van der Waals surface area contributed by atoms with Crippen molar-refractivity contribution in [1.82, 2.24) is 5.16 Å². The van der Waals surface area contributed by atoms with E-state index >= 15 is 0 Å². The van der Waals surface area contributed by atoms with Crippen LogP contribution in [0.4, 0.5) is 5.82 Å². The zero-order valence-electron chi connectivity index (χ0n) is 15.6. The molecule has 1 aliphatic rings. The first-order valence-corrected chi connectivity index (χ1v) is 9.02. The number of nitrogens with zero attached hydrogens (tertiary/aromatic N) is 1. The standard InChI is InChI=1S/C21H16N2O7/c24-19(22-18-7-8-30-23-18)12-29-21(26)15-4-2-1-3-14(15)20(25)13-5-6-16-17(11-13)28-10-9-27-16/h1-8,11H,9-10,12H2,(H,22,23,24). The fourth-order valence-corrected chi connectivity index (χ4v) is 2.86. The minimum Gasteiger partial charge on any atom is -0.486 e. The highest BCUT2D eigenvalue weighted by molar-refractivity contribution is 6.14. The van der Waals surface area contributed by atoms with Crippen molar-refractivity contribution >= 4 is 23.5 Å². The summed E-state index contributed by atoms with van der Waals surface area (Å²) in [6.45, 7) is 0.293. The van der Waals surface area contributed by atoms with Crippen LogP contribution in [0.5, 0.6) is 11.5 Å². The van der Waals surface area contributed by atoms with E-state index in [0.29, 0.717) is 30.3 Å². The van der Waals surface area contributed by atoms with Crippen LogP contribution in [0.2, 0.25) is 0 Å². The molecule has 0 atom stereocenters. The topological polar surface area (TPSA) is 117 Å². The zero-order valence-corrected chi connectivity index (χ0v) is 15.6. The Morgan fingerprint density at radius 2 is 1.73 bits per heavy atom. The molecular weight excluding hydrogens is 392 g/mol. The van der Waals surface area contributed by atoms with Crippen LogP contribution in [-0.4, -0.2) is 42.6 Å². The van der Waals surface area contributed by atoms with Crippen LogP contribution in [0, 0.1) is 0 Å². The zero-order chi connectivity index (χ0) is 20.9. The highest BCUT2D eigenvalue weighted by Crippen LogP contribution is 2.31. The van der Waals surface area contributed by atoms with Gasteiger partial charge >= 0.3 is 5.97 Å². The van der Waals surface area contributed by atoms with Gasteiger partial charge in [-0.2, -0.15) is 0 Å². The van der Waals surface area contributed by atoms with Gasteiger partial charge in [0.05, 0.1) is 5.56 Å². The molecule has 0 spiro atoms. The van der Waals surface area contributed by atoms with Crippen LogP contribution in [0.1, 0.15) is 26.3 Å². The van der Waals surface area contributed by atoms with Gasteiger partial charge in [0.2, 0.25) is 0 Å². The number of hydrogen-bond donors (Lipinski definition) is 1. The van der Waals surface area contributed by atoms with Gasteiger partial charge in [-0.25, -0.2) is 4.79 Å². The molecule has 3 aromatic rings. The Labute approximate surface area is 170 Å². The van der Waals surface area contributed by atoms with Crippen molar-refractivity contribution in [2.45, 2.75) is 0 Å². The van der Waals surface area contributed by atoms with Gasteiger partial charge in [-0.3, -0.25) is 9.59 Å². The molecule has 0 radical (unpaired) electrons. The largest absolute Gasteiger partial charge is 0.486 e. The molecule has 4 rings (SSSR count). The summed E-state index contributed by atoms with van der Waals surface area (Å²) in [5.74, 6) is -0.545. The molecule has 0 saturated carbocycles. The quantitative estimate of drug-likeness (QED) is 0.488. The predicted molar refractivity (Wildman–Crippen MR) is 103 cm³/mol. The highest BCUT2D eigenvalue weighted by atomic mass is 16.6. The monoisotopic (exact) mass is 408 g/mol. The van der Waals surface area contributed by atoms with Crippen LogP contribution in [0.25, 0.3) is 0 Å². The fraction of sp³-hybridized carbons (Fsp3) is 0.143. The van der Waals surface area contributed by atoms with Crippen LogP contribution >= 0.6 is 0 Å². The van der Waals surface area contributed by atoms with Crippen molar-refractivity contribution in [1.29, 1.82) is 0 Å². The van der Waals surface area contributed by atoms with E-state index in [1.54, 1.807) is 30.3 Å². The van der Waals surface area contributed by atoms with Gasteiger partial charge < -0.3 is 24.1 Å². The number of ether oxygens (including phenoxy) is 3. The molecule has 1 aromatic heterocycles. The maximum Gasteiger partial charge on any atom is 0.339 e. The van der Waals surface area contributed by atoms with E-state index in [4.69, 9.17) is 14.2 Å². The molecule has 9 heteroatoms. The second kappa shape index (κ2) is 8.48. The van der Waals surface area contributed by atoms with Gasteiger partial charge in [0.25, 0.3) is 5.91 Å². The molecule has 0 aliphatic carbocycles. The van der Waals surface area contributed by atoms with Crippen molar-refractivity contribution in [2.75, 3.05) is 25.1 Å². The third kappa shape index (κ3) is 4.14. The molecule has 1 aliphatic heterocycles. The molecule has 9 nitrogen and oxygen atoms in total. The SMILES string of the molecule is O=C(COC(=O)c1ccccc1C(=O)c1ccc2c(c1)OCCO2)Nc1ccon1. The Balaban J connectivity index is 1.48. The molecule has 0 unspecified atom stereocenters. The maximum absolute atomic E-state index is 13.0. The van der Waals surface area contributed by atoms with Gasteiger partial charge in [0.1, 0.15) is 19.5 Å². The average molecular weight is 408 g/mol. The minimum atomic E-state index is -0.799. The predicted octanol–water partition coefficient (Wildman–Crippen LogP) is 2.47. The number of hydrogen-bond acceptors (Lipinski definition) is 8. The van der Waals surface area contributed by atoms with Crippen LogP contribution < -0.4 is 14.8 Å². The maximum atomic E-state index is 13.0. The summed E-state index contributed by atoms with van der Waals surface area (Å²) in [6.07, 6.45) is 1.29. The Bertz CT molecular complexity index is 1090. The molecule has 0 bridgehead atoms. The molecule has 30 heavy (non-hydrogen) atoms. The smallest absolute Gasteiger partial charge is 0.339 e. The van der Waals surface area contributed by atoms with Crippen LogP contribution in [0.15, 0.2) is 59.3 Å². The van der Waals surface area contributed by atoms with Crippen molar-refractivity contribution in [3.63, 3.8) is 0 Å². The number of ketones is 1. The van der Waals surface area contributed by atoms with Crippen molar-refractivity contribution < 1.29 is 33.1 Å². The Morgan fingerprint density at radius 1 is 0.967 bits per heavy atom. The lowest BCUT2D eigenvalue weighted by Crippen LogP contribution is -2.22. The number of aromatic nitrogens is 1. The molecule has 2 aromatic carbocycles. The van der Waals surface area contributed by atoms with Crippen molar-refractivity contribution in [2.24, 2.45) is 0 Å². The fourth-order valence-electron chi connectivity index (χ4n) is 2.86. The van der Waals surface area contributed by atoms with Gasteiger partial charge in [-0.15, -0.1) is 0 Å². The van der Waals surface area contributed by atoms with Crippen molar-refractivity contribution in [3.8, 4) is 11.5 Å². The van der Waals surface area contributed by atoms with Gasteiger partial charge in [-0.05, 0) is 24.3 Å². The molecule has 0 saturated heterocycles. The van der Waals surface area contributed by atoms with E-state index in [0.717, 1.165) is 0 Å². The molecule has 1 N–H and O–H groups in total. The molecule has 0 fully saturated rings. The lowest BCUT2D eigenvalue weighted by atomic mass is 9.98. The number of nitrogens with one attached hydrogen (secondary N) is 1. The highest BCUT2D eigenvalue weighted by Gasteiger charge is 2.22. The van der Waals surface area contributed by atoms with E-state index in [1.807, 2.05) is 0 Å². The minimum absolute atomic E-state index is 0.0478. The lowest BCUT2D eigenvalue weighted by molar-refractivity contribution is -0.119. The first-order valence-electron chi connectivity index (χ1n) is 9.02. The third-order valence-electron chi connectivity index (χ3n) is 4.24. The number of carbonyl (C=O) groups is 3. The van der Waals surface area contributed by atoms with Crippen LogP contribution in [0.3, 0.4) is 0 Å². The summed E-state index contributed by atoms with van der Waals surface area (Å²) in [5, 5.41) is 5.94. The summed E-state index contributed by atoms with van der Waals surface area (Å²) in [7, 11) is 0. The number of amides is 1. The molecule has 152 valence electrons. The third-order valence-corrected chi connectivity index (χ3v) is 4.24. The Hall–Kier alpha value is -4.14. The summed E-state index contributed by atoms with van der Waals surface area (Å²) < 4.78 is 20.6. The van der Waals surface area contributed by atoms with Crippen molar-refractivity contribution in [3.05, 3.63) is 71.5 Å². The number of fused-ring (bicyclic) bond motifs is 1. The van der Waals surface area contributed by atoms with E-state index in [-0.39, 0.29) is 22.7 Å². The van der Waals surface area contributed by atoms with Gasteiger partial charge in [-0.1, -0.05) is 23.4 Å². The second-order valence-corrected chi connectivity index (χ2v) is 6.24. The summed E-state index contributed by atoms with van der Waals surface area (Å²) in [4.78, 5) is 37.4. The van der Waals surface area contributed by atoms with E-state index in [1.165, 1.54) is 24.5 Å². The number of carbonyl (C=O) groups excluding carboxylic acids is 3. The average Bonchev–Trinajstić information content (AvgIpc) is 3.29. The molecule has 2 heterocycles. The summed E-state index contributed by atoms with van der Waals surface area (Å²) >= 11 is 0. The Kier molecular flexibility index (Phi) is 5.42. The number of rotatable bonds is 6. The summed E-state index contributed by atoms with van der Waals surface area (Å²) in [5.41, 5.74) is 0.533. The summed E-state index contributed by atoms with van der Waals surface area (Å²) in [6, 6.07) is 12.5. The number of benzene rings is 2. The normalized spacial score (nSPS) is 12.1. The Morgan fingerprint density at radius 3 is 2.50 bits per heavy atom. The number of anilines is 1. The number of esters is 1. The second-order valence-electron chi connectivity index (χ2n) is 6.24. The van der Waals surface area contributed by atoms with E-state index in [9.17, 15) is 14.4 Å². The molecular formula is C21H16N2O7. The van der Waals surface area contributed by atoms with Gasteiger partial charge in [0.15, 0.2) is 29.7 Å². The first kappa shape index (κ1) is 19.2. The first-order chi connectivity index (χ1) is 14.6.